The lowest BCUT2D eigenvalue weighted by atomic mass is 10.1. The van der Waals surface area contributed by atoms with Gasteiger partial charge in [0.05, 0.1) is 22.2 Å². The SMILES string of the molecule is CCOc1cc(/C=C2\SC(=S)N(c3ccccc3C)C2=O)cc(Cl)c1OCC(=O)Nc1ccc(C)cc1. The number of carbonyl (C=O) groups excluding carboxylic acids is 2. The molecule has 0 unspecified atom stereocenters. The van der Waals surface area contributed by atoms with Gasteiger partial charge in [-0.1, -0.05) is 71.5 Å². The van der Waals surface area contributed by atoms with Crippen molar-refractivity contribution in [1.29, 1.82) is 0 Å². The lowest BCUT2D eigenvalue weighted by Crippen LogP contribution is -2.28. The fraction of sp³-hybridized carbons (Fsp3) is 0.179. The molecule has 0 radical (unpaired) electrons. The molecule has 3 aromatic rings. The molecular weight excluding hydrogens is 528 g/mol. The monoisotopic (exact) mass is 552 g/mol. The molecule has 1 fully saturated rings. The number of ether oxygens (including phenoxy) is 2. The van der Waals surface area contributed by atoms with Gasteiger partial charge in [-0.2, -0.15) is 0 Å². The molecule has 0 saturated carbocycles. The second kappa shape index (κ2) is 11.8. The predicted octanol–water partition coefficient (Wildman–Crippen LogP) is 6.78. The van der Waals surface area contributed by atoms with E-state index in [-0.39, 0.29) is 29.2 Å². The van der Waals surface area contributed by atoms with Crippen LogP contribution in [0.1, 0.15) is 23.6 Å². The van der Waals surface area contributed by atoms with Crippen LogP contribution in [0.2, 0.25) is 5.02 Å². The fourth-order valence-corrected chi connectivity index (χ4v) is 5.25. The van der Waals surface area contributed by atoms with Crippen LogP contribution in [-0.4, -0.2) is 29.3 Å². The molecule has 1 saturated heterocycles. The molecule has 1 aliphatic heterocycles. The average molecular weight is 553 g/mol. The molecule has 37 heavy (non-hydrogen) atoms. The van der Waals surface area contributed by atoms with Crippen LogP contribution in [0, 0.1) is 13.8 Å². The Morgan fingerprint density at radius 3 is 2.54 bits per heavy atom. The van der Waals surface area contributed by atoms with Gasteiger partial charge in [-0.3, -0.25) is 14.5 Å². The third-order valence-corrected chi connectivity index (χ3v) is 7.05. The number of nitrogens with one attached hydrogen (secondary N) is 1. The number of hydrogen-bond acceptors (Lipinski definition) is 6. The van der Waals surface area contributed by atoms with Crippen LogP contribution in [0.4, 0.5) is 11.4 Å². The second-order valence-electron chi connectivity index (χ2n) is 8.27. The van der Waals surface area contributed by atoms with E-state index in [0.717, 1.165) is 16.8 Å². The summed E-state index contributed by atoms with van der Waals surface area (Å²) in [6.45, 7) is 5.86. The Morgan fingerprint density at radius 2 is 1.84 bits per heavy atom. The maximum atomic E-state index is 13.2. The number of benzene rings is 3. The molecule has 0 spiro atoms. The van der Waals surface area contributed by atoms with Crippen LogP contribution in [-0.2, 0) is 9.59 Å². The third kappa shape index (κ3) is 6.33. The molecule has 0 aliphatic carbocycles. The fourth-order valence-electron chi connectivity index (χ4n) is 3.69. The van der Waals surface area contributed by atoms with E-state index in [4.69, 9.17) is 33.3 Å². The van der Waals surface area contributed by atoms with Gasteiger partial charge in [0.15, 0.2) is 22.4 Å². The van der Waals surface area contributed by atoms with Crippen molar-refractivity contribution in [2.24, 2.45) is 0 Å². The zero-order valence-electron chi connectivity index (χ0n) is 20.5. The summed E-state index contributed by atoms with van der Waals surface area (Å²) in [6, 6.07) is 18.4. The standard InChI is InChI=1S/C28H25ClN2O4S2/c1-4-34-23-14-19(15-24-27(33)31(28(36)37-24)22-8-6-5-7-18(22)3)13-21(29)26(23)35-16-25(32)30-20-11-9-17(2)10-12-20/h5-15H,4,16H2,1-3H3,(H,30,32)/b24-15-. The molecule has 6 nitrogen and oxygen atoms in total. The van der Waals surface area contributed by atoms with Crippen LogP contribution >= 0.6 is 35.6 Å². The van der Waals surface area contributed by atoms with E-state index in [1.807, 2.05) is 69.3 Å². The van der Waals surface area contributed by atoms with E-state index in [1.165, 1.54) is 16.7 Å². The minimum Gasteiger partial charge on any atom is -0.490 e. The number of thiocarbonyl (C=S) groups is 1. The van der Waals surface area contributed by atoms with Crippen LogP contribution in [0.25, 0.3) is 6.08 Å². The van der Waals surface area contributed by atoms with Crippen molar-refractivity contribution in [3.63, 3.8) is 0 Å². The summed E-state index contributed by atoms with van der Waals surface area (Å²) in [5.41, 5.74) is 4.13. The topological polar surface area (TPSA) is 67.9 Å². The highest BCUT2D eigenvalue weighted by molar-refractivity contribution is 8.27. The van der Waals surface area contributed by atoms with Crippen LogP contribution in [0.5, 0.6) is 11.5 Å². The molecule has 9 heteroatoms. The third-order valence-electron chi connectivity index (χ3n) is 5.46. The number of nitrogens with zero attached hydrogens (tertiary/aromatic N) is 1. The Morgan fingerprint density at radius 1 is 1.11 bits per heavy atom. The van der Waals surface area contributed by atoms with Crippen molar-refractivity contribution < 1.29 is 19.1 Å². The smallest absolute Gasteiger partial charge is 0.270 e. The van der Waals surface area contributed by atoms with Crippen LogP contribution < -0.4 is 19.7 Å². The highest BCUT2D eigenvalue weighted by atomic mass is 35.5. The van der Waals surface area contributed by atoms with Crippen molar-refractivity contribution in [2.75, 3.05) is 23.4 Å². The lowest BCUT2D eigenvalue weighted by Gasteiger charge is -2.16. The van der Waals surface area contributed by atoms with Gasteiger partial charge >= 0.3 is 0 Å². The van der Waals surface area contributed by atoms with Crippen LogP contribution in [0.15, 0.2) is 65.6 Å². The van der Waals surface area contributed by atoms with Gasteiger partial charge < -0.3 is 14.8 Å². The zero-order chi connectivity index (χ0) is 26.5. The Bertz CT molecular complexity index is 1390. The van der Waals surface area contributed by atoms with Gasteiger partial charge in [-0.15, -0.1) is 0 Å². The van der Waals surface area contributed by atoms with Gasteiger partial charge in [0.1, 0.15) is 0 Å². The summed E-state index contributed by atoms with van der Waals surface area (Å²) in [5.74, 6) is 0.101. The molecule has 0 aromatic heterocycles. The summed E-state index contributed by atoms with van der Waals surface area (Å²) in [6.07, 6.45) is 1.72. The first-order valence-corrected chi connectivity index (χ1v) is 13.2. The molecular formula is C28H25ClN2O4S2. The first-order chi connectivity index (χ1) is 17.8. The van der Waals surface area contributed by atoms with Crippen molar-refractivity contribution in [3.05, 3.63) is 87.3 Å². The summed E-state index contributed by atoms with van der Waals surface area (Å²) in [7, 11) is 0. The minimum absolute atomic E-state index is 0.202. The predicted molar refractivity (Wildman–Crippen MR) is 155 cm³/mol. The first kappa shape index (κ1) is 26.7. The summed E-state index contributed by atoms with van der Waals surface area (Å²) in [4.78, 5) is 27.6. The van der Waals surface area contributed by atoms with E-state index >= 15 is 0 Å². The number of anilines is 2. The zero-order valence-corrected chi connectivity index (χ0v) is 22.9. The first-order valence-electron chi connectivity index (χ1n) is 11.6. The molecule has 2 amide bonds. The number of para-hydroxylation sites is 1. The van der Waals surface area contributed by atoms with Gasteiger partial charge in [0, 0.05) is 5.69 Å². The van der Waals surface area contributed by atoms with E-state index in [1.54, 1.807) is 18.2 Å². The molecule has 4 rings (SSSR count). The van der Waals surface area contributed by atoms with Crippen molar-refractivity contribution in [2.45, 2.75) is 20.8 Å². The average Bonchev–Trinajstić information content (AvgIpc) is 3.13. The molecule has 1 N–H and O–H groups in total. The molecule has 190 valence electrons. The lowest BCUT2D eigenvalue weighted by molar-refractivity contribution is -0.118. The van der Waals surface area contributed by atoms with Crippen molar-refractivity contribution >= 4 is 69.2 Å². The number of hydrogen-bond donors (Lipinski definition) is 1. The highest BCUT2D eigenvalue weighted by Crippen LogP contribution is 2.40. The van der Waals surface area contributed by atoms with Gasteiger partial charge in [-0.25, -0.2) is 0 Å². The number of carbonyl (C=O) groups is 2. The summed E-state index contributed by atoms with van der Waals surface area (Å²) in [5, 5.41) is 3.05. The molecule has 1 heterocycles. The van der Waals surface area contributed by atoms with Gasteiger partial charge in [-0.05, 0) is 68.3 Å². The van der Waals surface area contributed by atoms with E-state index < -0.39 is 0 Å². The summed E-state index contributed by atoms with van der Waals surface area (Å²) >= 11 is 13.3. The van der Waals surface area contributed by atoms with Crippen molar-refractivity contribution in [1.82, 2.24) is 0 Å². The highest BCUT2D eigenvalue weighted by Gasteiger charge is 2.34. The van der Waals surface area contributed by atoms with Crippen LogP contribution in [0.3, 0.4) is 0 Å². The number of thioether (sulfide) groups is 1. The summed E-state index contributed by atoms with van der Waals surface area (Å²) < 4.78 is 11.9. The van der Waals surface area contributed by atoms with Crippen molar-refractivity contribution in [3.8, 4) is 11.5 Å². The number of amides is 2. The maximum Gasteiger partial charge on any atom is 0.270 e. The Balaban J connectivity index is 1.53. The molecule has 3 aromatic carbocycles. The molecule has 1 aliphatic rings. The number of halogens is 1. The largest absolute Gasteiger partial charge is 0.490 e. The Kier molecular flexibility index (Phi) is 8.53. The number of rotatable bonds is 8. The minimum atomic E-state index is -0.327. The van der Waals surface area contributed by atoms with E-state index in [9.17, 15) is 9.59 Å². The van der Waals surface area contributed by atoms with Gasteiger partial charge in [0.2, 0.25) is 0 Å². The quantitative estimate of drug-likeness (QED) is 0.245. The maximum absolute atomic E-state index is 13.2. The normalized spacial score (nSPS) is 14.3. The second-order valence-corrected chi connectivity index (χ2v) is 10.4. The Hall–Kier alpha value is -3.33. The van der Waals surface area contributed by atoms with Gasteiger partial charge in [0.25, 0.3) is 11.8 Å². The Labute approximate surface area is 230 Å². The number of aryl methyl sites for hydroxylation is 2. The molecule has 0 bridgehead atoms. The molecule has 0 atom stereocenters. The van der Waals surface area contributed by atoms with E-state index in [2.05, 4.69) is 5.32 Å². The van der Waals surface area contributed by atoms with E-state index in [0.29, 0.717) is 32.8 Å².